The molecule has 0 saturated carbocycles. The van der Waals surface area contributed by atoms with Gasteiger partial charge in [0.25, 0.3) is 5.91 Å². The topological polar surface area (TPSA) is 23.6 Å². The molecular weight excluding hydrogens is 384 g/mol. The molecular formula is C23H22N2OS2. The van der Waals surface area contributed by atoms with Gasteiger partial charge >= 0.3 is 0 Å². The van der Waals surface area contributed by atoms with Crippen LogP contribution in [0.25, 0.3) is 6.08 Å². The Balaban J connectivity index is 1.62. The van der Waals surface area contributed by atoms with Crippen molar-refractivity contribution in [2.24, 2.45) is 0 Å². The van der Waals surface area contributed by atoms with Crippen molar-refractivity contribution in [3.8, 4) is 0 Å². The summed E-state index contributed by atoms with van der Waals surface area (Å²) in [5, 5.41) is 0. The fraction of sp³-hybridized carbons (Fsp3) is 0.217. The number of anilines is 1. The molecule has 4 rings (SSSR count). The second-order valence-corrected chi connectivity index (χ2v) is 8.56. The summed E-state index contributed by atoms with van der Waals surface area (Å²) in [5.74, 6) is 0.0135. The smallest absolute Gasteiger partial charge is 0.268 e. The number of fused-ring (bicyclic) bond motifs is 1. The number of hydrogen-bond donors (Lipinski definition) is 0. The third-order valence-electron chi connectivity index (χ3n) is 5.05. The van der Waals surface area contributed by atoms with Crippen LogP contribution < -0.4 is 4.90 Å². The van der Waals surface area contributed by atoms with Crippen LogP contribution in [0, 0.1) is 6.92 Å². The van der Waals surface area contributed by atoms with Crippen molar-refractivity contribution >= 4 is 46.0 Å². The maximum absolute atomic E-state index is 13.2. The first-order chi connectivity index (χ1) is 13.6. The molecule has 2 heterocycles. The second-order valence-electron chi connectivity index (χ2n) is 6.91. The molecule has 5 heteroatoms. The number of thioether (sulfide) groups is 1. The highest BCUT2D eigenvalue weighted by molar-refractivity contribution is 8.26. The number of aryl methyl sites for hydroxylation is 1. The number of allylic oxidation sites excluding steroid dienone is 1. The molecule has 0 atom stereocenters. The van der Waals surface area contributed by atoms with Crippen molar-refractivity contribution in [2.75, 3.05) is 18.0 Å². The summed E-state index contributed by atoms with van der Waals surface area (Å²) in [6.07, 6.45) is 4.94. The van der Waals surface area contributed by atoms with Gasteiger partial charge in [0.05, 0.1) is 5.70 Å². The predicted molar refractivity (Wildman–Crippen MR) is 122 cm³/mol. The average molecular weight is 407 g/mol. The Hall–Kier alpha value is -2.37. The highest BCUT2D eigenvalue weighted by Crippen LogP contribution is 2.39. The lowest BCUT2D eigenvalue weighted by atomic mass is 10.0. The van der Waals surface area contributed by atoms with Crippen LogP contribution in [-0.4, -0.2) is 28.2 Å². The summed E-state index contributed by atoms with van der Waals surface area (Å²) in [7, 11) is 0. The number of rotatable bonds is 4. The molecule has 2 aromatic carbocycles. The van der Waals surface area contributed by atoms with E-state index in [0.29, 0.717) is 10.9 Å². The Morgan fingerprint density at radius 2 is 1.82 bits per heavy atom. The number of amides is 1. The van der Waals surface area contributed by atoms with Crippen molar-refractivity contribution in [3.05, 3.63) is 81.9 Å². The summed E-state index contributed by atoms with van der Waals surface area (Å²) in [6.45, 7) is 5.61. The number of carbonyl (C=O) groups is 1. The third-order valence-corrected chi connectivity index (χ3v) is 6.50. The van der Waals surface area contributed by atoms with Gasteiger partial charge in [-0.3, -0.25) is 9.69 Å². The van der Waals surface area contributed by atoms with Gasteiger partial charge in [-0.2, -0.15) is 0 Å². The molecule has 2 aromatic rings. The number of likely N-dealkylation sites (N-methyl/N-ethyl adjacent to an activating group) is 1. The molecule has 1 amide bonds. The van der Waals surface area contributed by atoms with Gasteiger partial charge in [0.15, 0.2) is 0 Å². The molecule has 0 aliphatic carbocycles. The molecule has 28 heavy (non-hydrogen) atoms. The van der Waals surface area contributed by atoms with Crippen LogP contribution in [0.5, 0.6) is 0 Å². The second kappa shape index (κ2) is 7.94. The summed E-state index contributed by atoms with van der Waals surface area (Å²) >= 11 is 6.96. The lowest BCUT2D eigenvalue weighted by Gasteiger charge is -2.30. The minimum atomic E-state index is 0.0135. The van der Waals surface area contributed by atoms with Gasteiger partial charge in [-0.25, -0.2) is 0 Å². The monoisotopic (exact) mass is 406 g/mol. The van der Waals surface area contributed by atoms with E-state index in [1.807, 2.05) is 18.2 Å². The van der Waals surface area contributed by atoms with E-state index in [4.69, 9.17) is 12.2 Å². The Kier molecular flexibility index (Phi) is 5.38. The molecule has 0 bridgehead atoms. The molecule has 1 fully saturated rings. The number of carbonyl (C=O) groups excluding carboxylic acids is 1. The summed E-state index contributed by atoms with van der Waals surface area (Å²) in [5.41, 5.74) is 5.71. The molecule has 0 N–H and O–H groups in total. The molecule has 142 valence electrons. The average Bonchev–Trinajstić information content (AvgIpc) is 2.99. The van der Waals surface area contributed by atoms with Crippen LogP contribution in [0.1, 0.15) is 23.6 Å². The van der Waals surface area contributed by atoms with E-state index < -0.39 is 0 Å². The summed E-state index contributed by atoms with van der Waals surface area (Å²) < 4.78 is 0.641. The zero-order chi connectivity index (χ0) is 19.7. The molecule has 0 spiro atoms. The fourth-order valence-electron chi connectivity index (χ4n) is 3.61. The Morgan fingerprint density at radius 1 is 1.04 bits per heavy atom. The lowest BCUT2D eigenvalue weighted by molar-refractivity contribution is -0.122. The van der Waals surface area contributed by atoms with Gasteiger partial charge < -0.3 is 4.90 Å². The highest BCUT2D eigenvalue weighted by Gasteiger charge is 2.35. The van der Waals surface area contributed by atoms with E-state index in [1.165, 1.54) is 28.5 Å². The quantitative estimate of drug-likeness (QED) is 0.517. The van der Waals surface area contributed by atoms with Crippen LogP contribution >= 0.6 is 24.0 Å². The predicted octanol–water partition coefficient (Wildman–Crippen LogP) is 5.16. The van der Waals surface area contributed by atoms with Gasteiger partial charge in [0, 0.05) is 18.8 Å². The molecule has 2 aliphatic heterocycles. The van der Waals surface area contributed by atoms with Crippen LogP contribution in [0.4, 0.5) is 5.69 Å². The van der Waals surface area contributed by atoms with Gasteiger partial charge in [-0.1, -0.05) is 72.0 Å². The van der Waals surface area contributed by atoms with Crippen molar-refractivity contribution in [2.45, 2.75) is 20.3 Å². The van der Waals surface area contributed by atoms with Gasteiger partial charge in [-0.05, 0) is 49.6 Å². The van der Waals surface area contributed by atoms with Crippen LogP contribution in [-0.2, 0) is 11.2 Å². The first-order valence-electron chi connectivity index (χ1n) is 9.46. The highest BCUT2D eigenvalue weighted by atomic mass is 32.2. The standard InChI is InChI=1S/C23H22N2OS2/c1-3-24-19-11-9-16(2)15-18(19)10-12-20(24)21-22(26)25(23(27)28-21)14-13-17-7-5-4-6-8-17/h4-12,15H,3,13-14H2,1-2H3/b21-20+. The molecule has 0 unspecified atom stereocenters. The number of benzene rings is 2. The Morgan fingerprint density at radius 3 is 2.57 bits per heavy atom. The van der Waals surface area contributed by atoms with Crippen LogP contribution in [0.15, 0.2) is 65.2 Å². The van der Waals surface area contributed by atoms with E-state index >= 15 is 0 Å². The van der Waals surface area contributed by atoms with Gasteiger partial charge in [-0.15, -0.1) is 0 Å². The molecule has 0 aromatic heterocycles. The Bertz CT molecular complexity index is 995. The van der Waals surface area contributed by atoms with Gasteiger partial charge in [0.1, 0.15) is 9.23 Å². The van der Waals surface area contributed by atoms with Crippen molar-refractivity contribution in [1.29, 1.82) is 0 Å². The minimum Gasteiger partial charge on any atom is -0.340 e. The first-order valence-corrected chi connectivity index (χ1v) is 10.7. The zero-order valence-electron chi connectivity index (χ0n) is 16.0. The fourth-order valence-corrected chi connectivity index (χ4v) is 4.98. The minimum absolute atomic E-state index is 0.0135. The number of thiocarbonyl (C=S) groups is 1. The molecule has 3 nitrogen and oxygen atoms in total. The van der Waals surface area contributed by atoms with E-state index in [-0.39, 0.29) is 5.91 Å². The van der Waals surface area contributed by atoms with E-state index in [9.17, 15) is 4.79 Å². The largest absolute Gasteiger partial charge is 0.340 e. The maximum Gasteiger partial charge on any atom is 0.268 e. The van der Waals surface area contributed by atoms with E-state index in [1.54, 1.807) is 4.90 Å². The normalized spacial score (nSPS) is 18.8. The van der Waals surface area contributed by atoms with Crippen molar-refractivity contribution in [3.63, 3.8) is 0 Å². The van der Waals surface area contributed by atoms with Crippen molar-refractivity contribution < 1.29 is 4.79 Å². The number of hydrogen-bond acceptors (Lipinski definition) is 4. The maximum atomic E-state index is 13.2. The van der Waals surface area contributed by atoms with Crippen LogP contribution in [0.2, 0.25) is 0 Å². The molecule has 1 saturated heterocycles. The van der Waals surface area contributed by atoms with Crippen LogP contribution in [0.3, 0.4) is 0 Å². The molecule has 2 aliphatic rings. The zero-order valence-corrected chi connectivity index (χ0v) is 17.6. The van der Waals surface area contributed by atoms with E-state index in [0.717, 1.165) is 29.3 Å². The van der Waals surface area contributed by atoms with E-state index in [2.05, 4.69) is 61.2 Å². The SMILES string of the molecule is CCN1/C(=C2/SC(=S)N(CCc3ccccc3)C2=O)C=Cc2cc(C)ccc21. The molecule has 0 radical (unpaired) electrons. The van der Waals surface area contributed by atoms with Crippen molar-refractivity contribution in [1.82, 2.24) is 4.90 Å². The first kappa shape index (κ1) is 19.0. The third kappa shape index (κ3) is 3.52. The van der Waals surface area contributed by atoms with Gasteiger partial charge in [0.2, 0.25) is 0 Å². The Labute approximate surface area is 175 Å². The lowest BCUT2D eigenvalue weighted by Crippen LogP contribution is -2.32. The summed E-state index contributed by atoms with van der Waals surface area (Å²) in [4.78, 5) is 17.8. The number of nitrogens with zero attached hydrogens (tertiary/aromatic N) is 2. The summed E-state index contributed by atoms with van der Waals surface area (Å²) in [6, 6.07) is 16.6.